The van der Waals surface area contributed by atoms with Crippen LogP contribution in [0.15, 0.2) is 77.7 Å². The number of nitrogens with zero attached hydrogens (tertiary/aromatic N) is 1. The number of sulfonamides is 1. The maximum absolute atomic E-state index is 13.4. The minimum atomic E-state index is -3.94. The molecule has 0 fully saturated rings. The van der Waals surface area contributed by atoms with Gasteiger partial charge in [0.15, 0.2) is 11.5 Å². The van der Waals surface area contributed by atoms with Crippen LogP contribution >= 0.6 is 0 Å². The molecule has 186 valence electrons. The first-order valence-electron chi connectivity index (χ1n) is 11.5. The van der Waals surface area contributed by atoms with E-state index in [1.165, 1.54) is 12.1 Å². The minimum Gasteiger partial charge on any atom is -0.493 e. The Morgan fingerprint density at radius 2 is 1.60 bits per heavy atom. The zero-order chi connectivity index (χ0) is 25.4. The van der Waals surface area contributed by atoms with Gasteiger partial charge < -0.3 is 14.8 Å². The van der Waals surface area contributed by atoms with Crippen LogP contribution < -0.4 is 19.1 Å². The summed E-state index contributed by atoms with van der Waals surface area (Å²) in [6.07, 6.45) is 0.829. The molecule has 0 radical (unpaired) electrons. The molecule has 0 aliphatic carbocycles. The standard InChI is InChI=1S/C27H32N2O5S/c1-5-21-11-14-23(15-12-21)29(35(31,32)24-9-7-6-8-10-24)19-27(30)28-18-22-13-16-25(34-20(2)3)26(17-22)33-4/h6-17,20H,5,18-19H2,1-4H3,(H,28,30). The van der Waals surface area contributed by atoms with Gasteiger partial charge in [-0.2, -0.15) is 0 Å². The van der Waals surface area contributed by atoms with E-state index in [2.05, 4.69) is 5.32 Å². The number of anilines is 1. The number of methoxy groups -OCH3 is 1. The molecule has 35 heavy (non-hydrogen) atoms. The lowest BCUT2D eigenvalue weighted by atomic mass is 10.1. The Labute approximate surface area is 207 Å². The third kappa shape index (κ3) is 6.76. The quantitative estimate of drug-likeness (QED) is 0.421. The molecule has 0 heterocycles. The highest BCUT2D eigenvalue weighted by Gasteiger charge is 2.27. The number of hydrogen-bond donors (Lipinski definition) is 1. The van der Waals surface area contributed by atoms with Crippen molar-refractivity contribution in [3.63, 3.8) is 0 Å². The van der Waals surface area contributed by atoms with Crippen molar-refractivity contribution in [1.82, 2.24) is 5.32 Å². The third-order valence-corrected chi connectivity index (χ3v) is 7.12. The highest BCUT2D eigenvalue weighted by molar-refractivity contribution is 7.92. The number of ether oxygens (including phenoxy) is 2. The lowest BCUT2D eigenvalue weighted by molar-refractivity contribution is -0.119. The normalized spacial score (nSPS) is 11.2. The van der Waals surface area contributed by atoms with Crippen molar-refractivity contribution in [2.75, 3.05) is 18.0 Å². The van der Waals surface area contributed by atoms with E-state index in [4.69, 9.17) is 9.47 Å². The molecule has 0 spiro atoms. The van der Waals surface area contributed by atoms with Crippen LogP contribution in [0, 0.1) is 0 Å². The second kappa shape index (κ2) is 11.8. The van der Waals surface area contributed by atoms with E-state index in [0.717, 1.165) is 21.9 Å². The summed E-state index contributed by atoms with van der Waals surface area (Å²) in [5.41, 5.74) is 2.31. The summed E-state index contributed by atoms with van der Waals surface area (Å²) >= 11 is 0. The van der Waals surface area contributed by atoms with Crippen molar-refractivity contribution < 1.29 is 22.7 Å². The fourth-order valence-electron chi connectivity index (χ4n) is 3.49. The maximum Gasteiger partial charge on any atom is 0.264 e. The lowest BCUT2D eigenvalue weighted by Gasteiger charge is -2.24. The Kier molecular flexibility index (Phi) is 8.76. The van der Waals surface area contributed by atoms with Crippen molar-refractivity contribution in [1.29, 1.82) is 0 Å². The van der Waals surface area contributed by atoms with Crippen LogP contribution in [-0.2, 0) is 27.8 Å². The van der Waals surface area contributed by atoms with Gasteiger partial charge >= 0.3 is 0 Å². The second-order valence-corrected chi connectivity index (χ2v) is 10.1. The Balaban J connectivity index is 1.79. The summed E-state index contributed by atoms with van der Waals surface area (Å²) in [7, 11) is -2.39. The number of benzene rings is 3. The smallest absolute Gasteiger partial charge is 0.264 e. The Hall–Kier alpha value is -3.52. The van der Waals surface area contributed by atoms with Gasteiger partial charge in [0.25, 0.3) is 10.0 Å². The SMILES string of the molecule is CCc1ccc(N(CC(=O)NCc2ccc(OC(C)C)c(OC)c2)S(=O)(=O)c2ccccc2)cc1. The van der Waals surface area contributed by atoms with E-state index in [1.54, 1.807) is 49.6 Å². The van der Waals surface area contributed by atoms with Crippen molar-refractivity contribution in [3.05, 3.63) is 83.9 Å². The number of carbonyl (C=O) groups excluding carboxylic acids is 1. The molecule has 0 aliphatic rings. The molecule has 0 saturated heterocycles. The van der Waals surface area contributed by atoms with E-state index in [9.17, 15) is 13.2 Å². The van der Waals surface area contributed by atoms with Gasteiger partial charge in [-0.1, -0.05) is 43.3 Å². The zero-order valence-electron chi connectivity index (χ0n) is 20.5. The van der Waals surface area contributed by atoms with E-state index in [1.807, 2.05) is 39.0 Å². The summed E-state index contributed by atoms with van der Waals surface area (Å²) in [5.74, 6) is 0.758. The average molecular weight is 497 g/mol. The molecular weight excluding hydrogens is 464 g/mol. The third-order valence-electron chi connectivity index (χ3n) is 5.33. The number of aryl methyl sites for hydroxylation is 1. The van der Waals surface area contributed by atoms with Gasteiger partial charge in [0, 0.05) is 6.54 Å². The number of amides is 1. The molecule has 0 aromatic heterocycles. The van der Waals surface area contributed by atoms with Crippen LogP contribution in [-0.4, -0.2) is 34.1 Å². The van der Waals surface area contributed by atoms with Crippen molar-refractivity contribution in [3.8, 4) is 11.5 Å². The fraction of sp³-hybridized carbons (Fsp3) is 0.296. The predicted octanol–water partition coefficient (Wildman–Crippen LogP) is 4.56. The van der Waals surface area contributed by atoms with Crippen LogP contribution in [0.25, 0.3) is 0 Å². The molecule has 7 nitrogen and oxygen atoms in total. The second-order valence-electron chi connectivity index (χ2n) is 8.27. The van der Waals surface area contributed by atoms with Gasteiger partial charge in [0.05, 0.1) is 23.8 Å². The molecule has 1 amide bonds. The molecule has 1 N–H and O–H groups in total. The van der Waals surface area contributed by atoms with E-state index in [0.29, 0.717) is 17.2 Å². The predicted molar refractivity (Wildman–Crippen MR) is 137 cm³/mol. The minimum absolute atomic E-state index is 0.00149. The number of carbonyl (C=O) groups is 1. The molecule has 0 bridgehead atoms. The first-order valence-corrected chi connectivity index (χ1v) is 13.0. The van der Waals surface area contributed by atoms with Gasteiger partial charge in [-0.05, 0) is 67.8 Å². The van der Waals surface area contributed by atoms with Gasteiger partial charge in [0.2, 0.25) is 5.91 Å². The molecular formula is C27H32N2O5S. The number of rotatable bonds is 11. The van der Waals surface area contributed by atoms with Gasteiger partial charge in [-0.3, -0.25) is 9.10 Å². The van der Waals surface area contributed by atoms with Crippen LogP contribution in [0.2, 0.25) is 0 Å². The van der Waals surface area contributed by atoms with Crippen LogP contribution in [0.1, 0.15) is 31.9 Å². The van der Waals surface area contributed by atoms with Crippen LogP contribution in [0.4, 0.5) is 5.69 Å². The van der Waals surface area contributed by atoms with Crippen LogP contribution in [0.5, 0.6) is 11.5 Å². The fourth-order valence-corrected chi connectivity index (χ4v) is 4.93. The lowest BCUT2D eigenvalue weighted by Crippen LogP contribution is -2.40. The van der Waals surface area contributed by atoms with Crippen LogP contribution in [0.3, 0.4) is 0 Å². The Morgan fingerprint density at radius 3 is 2.20 bits per heavy atom. The molecule has 0 atom stereocenters. The summed E-state index contributed by atoms with van der Waals surface area (Å²) in [6, 6.07) is 20.7. The van der Waals surface area contributed by atoms with Gasteiger partial charge in [-0.15, -0.1) is 0 Å². The molecule has 0 saturated carbocycles. The summed E-state index contributed by atoms with van der Waals surface area (Å²) in [4.78, 5) is 13.0. The van der Waals surface area contributed by atoms with Crippen molar-refractivity contribution in [2.45, 2.75) is 44.7 Å². The Morgan fingerprint density at radius 1 is 0.943 bits per heavy atom. The average Bonchev–Trinajstić information content (AvgIpc) is 2.87. The number of hydrogen-bond acceptors (Lipinski definition) is 5. The monoisotopic (exact) mass is 496 g/mol. The van der Waals surface area contributed by atoms with Crippen molar-refractivity contribution >= 4 is 21.6 Å². The highest BCUT2D eigenvalue weighted by atomic mass is 32.2. The zero-order valence-corrected chi connectivity index (χ0v) is 21.3. The molecule has 0 aliphatic heterocycles. The molecule has 3 rings (SSSR count). The molecule has 3 aromatic carbocycles. The number of nitrogens with one attached hydrogen (secondary N) is 1. The summed E-state index contributed by atoms with van der Waals surface area (Å²) in [5, 5.41) is 2.82. The van der Waals surface area contributed by atoms with Crippen molar-refractivity contribution in [2.24, 2.45) is 0 Å². The maximum atomic E-state index is 13.4. The van der Waals surface area contributed by atoms with E-state index < -0.39 is 15.9 Å². The van der Waals surface area contributed by atoms with E-state index in [-0.39, 0.29) is 24.1 Å². The Bertz CT molecular complexity index is 1230. The first kappa shape index (κ1) is 26.1. The summed E-state index contributed by atoms with van der Waals surface area (Å²) < 4.78 is 39.1. The van der Waals surface area contributed by atoms with Gasteiger partial charge in [0.1, 0.15) is 6.54 Å². The molecule has 8 heteroatoms. The largest absolute Gasteiger partial charge is 0.493 e. The molecule has 3 aromatic rings. The van der Waals surface area contributed by atoms with E-state index >= 15 is 0 Å². The molecule has 0 unspecified atom stereocenters. The highest BCUT2D eigenvalue weighted by Crippen LogP contribution is 2.29. The topological polar surface area (TPSA) is 84.9 Å². The van der Waals surface area contributed by atoms with Gasteiger partial charge in [-0.25, -0.2) is 8.42 Å². The first-order chi connectivity index (χ1) is 16.7. The summed E-state index contributed by atoms with van der Waals surface area (Å²) in [6.45, 7) is 5.74.